The Kier molecular flexibility index (Phi) is 6.59. The molecule has 1 aliphatic rings. The van der Waals surface area contributed by atoms with Crippen molar-refractivity contribution < 1.29 is 4.42 Å². The van der Waals surface area contributed by atoms with Crippen molar-refractivity contribution in [2.45, 2.75) is 24.6 Å². The van der Waals surface area contributed by atoms with Crippen molar-refractivity contribution in [1.29, 1.82) is 0 Å². The Morgan fingerprint density at radius 1 is 0.857 bits per heavy atom. The van der Waals surface area contributed by atoms with Crippen LogP contribution in [0.4, 0.5) is 0 Å². The summed E-state index contributed by atoms with van der Waals surface area (Å²) in [5, 5.41) is 7.51. The van der Waals surface area contributed by atoms with Gasteiger partial charge < -0.3 is 4.42 Å². The van der Waals surface area contributed by atoms with Gasteiger partial charge in [-0.2, -0.15) is 0 Å². The topological polar surface area (TPSA) is 13.1 Å². The molecule has 3 aromatic carbocycles. The van der Waals surface area contributed by atoms with Gasteiger partial charge in [-0.15, -0.1) is 0 Å². The first-order valence-electron chi connectivity index (χ1n) is 9.48. The average Bonchev–Trinajstić information content (AvgIpc) is 3.18. The Balaban J connectivity index is 0.000000203. The van der Waals surface area contributed by atoms with Gasteiger partial charge in [-0.1, -0.05) is 80.4 Å². The summed E-state index contributed by atoms with van der Waals surface area (Å²) in [6.45, 7) is 0. The molecule has 1 aliphatic carbocycles. The molecule has 1 atom stereocenters. The summed E-state index contributed by atoms with van der Waals surface area (Å²) < 4.78 is 5.89. The first-order chi connectivity index (χ1) is 13.7. The summed E-state index contributed by atoms with van der Waals surface area (Å²) >= 11 is 10.1. The molecule has 28 heavy (non-hydrogen) atoms. The minimum Gasteiger partial charge on any atom is -0.453 e. The highest BCUT2D eigenvalue weighted by atomic mass is 79.9. The zero-order chi connectivity index (χ0) is 19.5. The molecule has 1 heterocycles. The van der Waals surface area contributed by atoms with Crippen molar-refractivity contribution >= 4 is 69.3 Å². The van der Waals surface area contributed by atoms with Crippen LogP contribution in [0.2, 0.25) is 0 Å². The predicted molar refractivity (Wildman–Crippen MR) is 130 cm³/mol. The van der Waals surface area contributed by atoms with Crippen molar-refractivity contribution in [2.75, 3.05) is 5.33 Å². The smallest absolute Gasteiger partial charge is 0.169 e. The van der Waals surface area contributed by atoms with Gasteiger partial charge in [-0.3, -0.25) is 0 Å². The first-order valence-corrected chi connectivity index (χ1v) is 12.5. The Bertz CT molecular complexity index is 1100. The molecule has 0 bridgehead atoms. The Hall–Kier alpha value is -1.10. The largest absolute Gasteiger partial charge is 0.453 e. The fraction of sp³-hybridized carbons (Fsp3) is 0.250. The van der Waals surface area contributed by atoms with E-state index in [4.69, 9.17) is 4.42 Å². The standard InChI is InChI=1S/C19H17Br.C5H4Br2O/c20-12-13-5-8-17-15(11-13)7-10-18-16-4-2-1-3-14(16)6-9-19(17)18;6-3-4-1-2-5(7)8-4/h1-4,6-7,9-10,13H,5,8,11-12H2;1-2H,3H2. The van der Waals surface area contributed by atoms with Gasteiger partial charge in [0.05, 0.1) is 5.33 Å². The molecular weight excluding hydrogens is 544 g/mol. The quantitative estimate of drug-likeness (QED) is 0.176. The maximum atomic E-state index is 5.10. The molecule has 4 aromatic rings. The minimum atomic E-state index is 0.776. The van der Waals surface area contributed by atoms with Gasteiger partial charge in [0.25, 0.3) is 0 Å². The van der Waals surface area contributed by atoms with Gasteiger partial charge in [-0.05, 0) is 85.9 Å². The number of rotatable bonds is 2. The van der Waals surface area contributed by atoms with Crippen LogP contribution in [0.1, 0.15) is 23.3 Å². The molecule has 0 saturated carbocycles. The van der Waals surface area contributed by atoms with Gasteiger partial charge in [0.2, 0.25) is 0 Å². The summed E-state index contributed by atoms with van der Waals surface area (Å²) in [6.07, 6.45) is 3.76. The summed E-state index contributed by atoms with van der Waals surface area (Å²) in [4.78, 5) is 0. The maximum Gasteiger partial charge on any atom is 0.169 e. The van der Waals surface area contributed by atoms with Crippen molar-refractivity contribution in [3.63, 3.8) is 0 Å². The highest BCUT2D eigenvalue weighted by Gasteiger charge is 2.19. The molecule has 0 N–H and O–H groups in total. The van der Waals surface area contributed by atoms with Crippen LogP contribution in [0, 0.1) is 5.92 Å². The van der Waals surface area contributed by atoms with Gasteiger partial charge in [0.15, 0.2) is 4.67 Å². The van der Waals surface area contributed by atoms with E-state index >= 15 is 0 Å². The first kappa shape index (κ1) is 20.2. The van der Waals surface area contributed by atoms with E-state index < -0.39 is 0 Å². The maximum absolute atomic E-state index is 5.10. The third-order valence-electron chi connectivity index (χ3n) is 5.42. The lowest BCUT2D eigenvalue weighted by Gasteiger charge is -2.24. The molecule has 5 rings (SSSR count). The van der Waals surface area contributed by atoms with E-state index in [-0.39, 0.29) is 0 Å². The molecule has 1 aromatic heterocycles. The zero-order valence-electron chi connectivity index (χ0n) is 15.4. The number of aryl methyl sites for hydroxylation is 1. The van der Waals surface area contributed by atoms with E-state index in [1.165, 1.54) is 40.8 Å². The number of alkyl halides is 2. The third kappa shape index (κ3) is 4.24. The number of benzene rings is 3. The summed E-state index contributed by atoms with van der Waals surface area (Å²) in [7, 11) is 0. The van der Waals surface area contributed by atoms with E-state index in [0.717, 1.165) is 27.0 Å². The summed E-state index contributed by atoms with van der Waals surface area (Å²) in [6, 6.07) is 21.8. The monoisotopic (exact) mass is 562 g/mol. The highest BCUT2D eigenvalue weighted by Crippen LogP contribution is 2.35. The second-order valence-corrected chi connectivity index (χ2v) is 9.18. The van der Waals surface area contributed by atoms with E-state index in [2.05, 4.69) is 96.3 Å². The lowest BCUT2D eigenvalue weighted by molar-refractivity contribution is 0.508. The van der Waals surface area contributed by atoms with Crippen LogP contribution >= 0.6 is 47.8 Å². The molecule has 1 unspecified atom stereocenters. The van der Waals surface area contributed by atoms with Crippen LogP contribution in [0.25, 0.3) is 21.5 Å². The van der Waals surface area contributed by atoms with Gasteiger partial charge >= 0.3 is 0 Å². The number of hydrogen-bond donors (Lipinski definition) is 0. The molecule has 1 nitrogen and oxygen atoms in total. The van der Waals surface area contributed by atoms with Gasteiger partial charge in [0.1, 0.15) is 5.76 Å². The van der Waals surface area contributed by atoms with E-state index in [0.29, 0.717) is 0 Å². The van der Waals surface area contributed by atoms with Crippen molar-refractivity contribution in [2.24, 2.45) is 5.92 Å². The molecule has 144 valence electrons. The Labute approximate surface area is 190 Å². The molecule has 0 aliphatic heterocycles. The molecule has 0 radical (unpaired) electrons. The molecule has 0 amide bonds. The van der Waals surface area contributed by atoms with Crippen LogP contribution in [-0.2, 0) is 18.2 Å². The van der Waals surface area contributed by atoms with E-state index in [1.54, 1.807) is 11.1 Å². The lowest BCUT2D eigenvalue weighted by atomic mass is 9.82. The molecular formula is C24H21Br3O. The lowest BCUT2D eigenvalue weighted by Crippen LogP contribution is -2.15. The third-order valence-corrected chi connectivity index (χ3v) is 7.32. The van der Waals surface area contributed by atoms with E-state index in [9.17, 15) is 0 Å². The summed E-state index contributed by atoms with van der Waals surface area (Å²) in [5.74, 6) is 1.75. The van der Waals surface area contributed by atoms with E-state index in [1.807, 2.05) is 12.1 Å². The minimum absolute atomic E-state index is 0.776. The fourth-order valence-corrected chi connectivity index (χ4v) is 5.19. The second-order valence-electron chi connectivity index (χ2n) is 7.19. The van der Waals surface area contributed by atoms with Crippen LogP contribution in [0.3, 0.4) is 0 Å². The SMILES string of the molecule is BrCC1CCc2c(ccc3c2ccc2ccccc23)C1.BrCc1ccc(Br)o1. The number of fused-ring (bicyclic) bond motifs is 5. The predicted octanol–water partition coefficient (Wildman–Crippen LogP) is 8.43. The molecule has 0 fully saturated rings. The molecule has 0 saturated heterocycles. The summed E-state index contributed by atoms with van der Waals surface area (Å²) in [5.41, 5.74) is 3.15. The van der Waals surface area contributed by atoms with Crippen molar-refractivity contribution in [3.8, 4) is 0 Å². The number of hydrogen-bond acceptors (Lipinski definition) is 1. The van der Waals surface area contributed by atoms with Crippen molar-refractivity contribution in [3.05, 3.63) is 82.2 Å². The number of furan rings is 1. The Morgan fingerprint density at radius 2 is 1.68 bits per heavy atom. The average molecular weight is 565 g/mol. The fourth-order valence-electron chi connectivity index (χ4n) is 4.00. The second kappa shape index (κ2) is 9.15. The van der Waals surface area contributed by atoms with Crippen LogP contribution < -0.4 is 0 Å². The van der Waals surface area contributed by atoms with Crippen molar-refractivity contribution in [1.82, 2.24) is 0 Å². The highest BCUT2D eigenvalue weighted by molar-refractivity contribution is 9.10. The molecule has 0 spiro atoms. The number of halogens is 3. The Morgan fingerprint density at radius 3 is 2.39 bits per heavy atom. The van der Waals surface area contributed by atoms with Gasteiger partial charge in [-0.25, -0.2) is 0 Å². The van der Waals surface area contributed by atoms with Crippen LogP contribution in [0.15, 0.2) is 69.8 Å². The molecule has 4 heteroatoms. The van der Waals surface area contributed by atoms with Crippen LogP contribution in [-0.4, -0.2) is 5.33 Å². The van der Waals surface area contributed by atoms with Crippen LogP contribution in [0.5, 0.6) is 0 Å². The normalized spacial score (nSPS) is 15.9. The van der Waals surface area contributed by atoms with Gasteiger partial charge in [0, 0.05) is 5.33 Å². The zero-order valence-corrected chi connectivity index (χ0v) is 20.2.